The number of hydrogen-bond donors (Lipinski definition) is 0. The molecule has 0 radical (unpaired) electrons. The molecule has 130 heavy (non-hydrogen) atoms. The molecule has 0 saturated carbocycles. The Bertz CT molecular complexity index is 5610. The van der Waals surface area contributed by atoms with Crippen molar-refractivity contribution < 1.29 is 0 Å². The molecular formula is C108H138N22. The summed E-state index contributed by atoms with van der Waals surface area (Å²) in [5, 5.41) is 35.9. The molecule has 22 heteroatoms. The smallest absolute Gasteiger partial charge is 0.160 e. The molecule has 0 aliphatic heterocycles. The highest BCUT2D eigenvalue weighted by molar-refractivity contribution is 5.81. The Morgan fingerprint density at radius 2 is 0.754 bits per heavy atom. The third-order valence-electron chi connectivity index (χ3n) is 21.3. The minimum atomic E-state index is -0.00387. The third-order valence-corrected chi connectivity index (χ3v) is 21.3. The monoisotopic (exact) mass is 1740 g/mol. The van der Waals surface area contributed by atoms with Crippen molar-refractivity contribution in [1.29, 1.82) is 0 Å². The largest absolute Gasteiger partial charge is 0.342 e. The van der Waals surface area contributed by atoms with Crippen LogP contribution in [-0.2, 0) is 54.6 Å². The zero-order valence-corrected chi connectivity index (χ0v) is 82.6. The Morgan fingerprint density at radius 1 is 0.246 bits per heavy atom. The van der Waals surface area contributed by atoms with Crippen LogP contribution in [0.3, 0.4) is 0 Å². The van der Waals surface area contributed by atoms with Gasteiger partial charge in [-0.05, 0) is 209 Å². The lowest BCUT2D eigenvalue weighted by Crippen LogP contribution is -2.22. The van der Waals surface area contributed by atoms with Crippen LogP contribution in [0.15, 0.2) is 293 Å². The van der Waals surface area contributed by atoms with E-state index in [1.54, 1.807) is 4.52 Å². The molecule has 4 aromatic carbocycles. The summed E-state index contributed by atoms with van der Waals surface area (Å²) in [5.74, 6) is 2.12. The summed E-state index contributed by atoms with van der Waals surface area (Å²) in [6, 6.07) is 71.6. The fourth-order valence-electron chi connectivity index (χ4n) is 14.8. The van der Waals surface area contributed by atoms with E-state index in [4.69, 9.17) is 0 Å². The molecule has 0 N–H and O–H groups in total. The lowest BCUT2D eigenvalue weighted by Gasteiger charge is -2.22. The van der Waals surface area contributed by atoms with E-state index in [0.717, 1.165) is 61.9 Å². The molecule has 16 heterocycles. The number of fused-ring (bicyclic) bond motifs is 10. The first kappa shape index (κ1) is 97.4. The minimum absolute atomic E-state index is 0.00387. The van der Waals surface area contributed by atoms with Gasteiger partial charge in [0.05, 0.1) is 97.8 Å². The Labute approximate surface area is 768 Å². The van der Waals surface area contributed by atoms with Crippen molar-refractivity contribution in [1.82, 2.24) is 106 Å². The van der Waals surface area contributed by atoms with E-state index in [2.05, 4.69) is 381 Å². The molecule has 0 fully saturated rings. The van der Waals surface area contributed by atoms with Crippen LogP contribution in [-0.4, -0.2) is 106 Å². The number of rotatable bonds is 0. The molecule has 0 spiro atoms. The Balaban J connectivity index is 0.000000140. The minimum Gasteiger partial charge on any atom is -0.342 e. The van der Waals surface area contributed by atoms with Gasteiger partial charge >= 0.3 is 0 Å². The molecule has 20 rings (SSSR count). The fourth-order valence-corrected chi connectivity index (χ4v) is 14.8. The zero-order chi connectivity index (χ0) is 94.7. The summed E-state index contributed by atoms with van der Waals surface area (Å²) >= 11 is 0. The van der Waals surface area contributed by atoms with Crippen LogP contribution in [0.5, 0.6) is 0 Å². The topological polar surface area (TPSA) is 201 Å². The number of pyridine rings is 6. The first-order valence-electron chi connectivity index (χ1n) is 44.9. The van der Waals surface area contributed by atoms with E-state index in [0.29, 0.717) is 0 Å². The standard InChI is InChI=1S/C12H15N.6C11H14N2.3C10H13N3/c1-12(2,3)13-9-8-10-6-4-5-7-11(10)13;1-11(2,3)9-8-12-10-6-4-5-7-13(9)10;1-11(2,3)9-8-12-13-7-5-4-6-10(9)13;1-11(2,3)10-9-6-4-5-7-13(9)8-12-10;1-11(2,3)13-8-12-9-6-4-5-7-10(9)13;1-11(2,3)10-12-8-9-6-4-5-7-13(9)10;1-11(2,3)13-10-7-5-4-6-9(10)8-12-13;1-10(2,3)9-12-11-8-6-4-5-7-13(8)9;1-10(2,3)9-8-6-4-5-7-13(8)12-11-9;1-10(2,3)13-9-7-5-4-6-8(9)11-12-13/h4-9H,1-3H3;6*4-8H,1-3H3;3*4-7H,1-3H3. The Hall–Kier alpha value is -13.2. The van der Waals surface area contributed by atoms with Crippen LogP contribution in [0.2, 0.25) is 0 Å². The van der Waals surface area contributed by atoms with Gasteiger partial charge in [0.1, 0.15) is 22.8 Å². The van der Waals surface area contributed by atoms with Crippen molar-refractivity contribution in [2.45, 2.75) is 262 Å². The van der Waals surface area contributed by atoms with Gasteiger partial charge in [-0.15, -0.1) is 20.4 Å². The van der Waals surface area contributed by atoms with E-state index in [1.165, 1.54) is 49.6 Å². The summed E-state index contributed by atoms with van der Waals surface area (Å²) in [6.45, 7) is 65.2. The molecule has 0 unspecified atom stereocenters. The van der Waals surface area contributed by atoms with Gasteiger partial charge < -0.3 is 22.3 Å². The van der Waals surface area contributed by atoms with E-state index in [9.17, 15) is 0 Å². The first-order valence-corrected chi connectivity index (χ1v) is 44.9. The van der Waals surface area contributed by atoms with Crippen molar-refractivity contribution in [3.8, 4) is 0 Å². The maximum Gasteiger partial charge on any atom is 0.160 e. The normalized spacial score (nSPS) is 12.2. The average Bonchev–Trinajstić information content (AvgIpc) is 1.78. The van der Waals surface area contributed by atoms with Crippen LogP contribution in [0, 0.1) is 0 Å². The number of para-hydroxylation sites is 5. The molecule has 0 aliphatic carbocycles. The third kappa shape index (κ3) is 24.4. The van der Waals surface area contributed by atoms with Gasteiger partial charge in [-0.25, -0.2) is 33.6 Å². The van der Waals surface area contributed by atoms with Crippen molar-refractivity contribution in [2.24, 2.45) is 0 Å². The molecule has 0 bridgehead atoms. The van der Waals surface area contributed by atoms with Crippen LogP contribution in [0.4, 0.5) is 0 Å². The van der Waals surface area contributed by atoms with Crippen LogP contribution < -0.4 is 0 Å². The second-order valence-electron chi connectivity index (χ2n) is 42.9. The Kier molecular flexibility index (Phi) is 29.5. The Morgan fingerprint density at radius 3 is 1.36 bits per heavy atom. The maximum absolute atomic E-state index is 4.43. The predicted molar refractivity (Wildman–Crippen MR) is 538 cm³/mol. The molecule has 20 aromatic rings. The van der Waals surface area contributed by atoms with Gasteiger partial charge in [0, 0.05) is 110 Å². The molecule has 22 nitrogen and oxygen atoms in total. The van der Waals surface area contributed by atoms with Crippen molar-refractivity contribution in [3.63, 3.8) is 0 Å². The number of benzene rings is 4. The lowest BCUT2D eigenvalue weighted by atomic mass is 9.88. The highest BCUT2D eigenvalue weighted by atomic mass is 15.4. The molecule has 16 aromatic heterocycles. The maximum atomic E-state index is 4.43. The van der Waals surface area contributed by atoms with Gasteiger partial charge in [0.25, 0.3) is 0 Å². The number of hydrogen-bond acceptors (Lipinski definition) is 12. The molecule has 0 saturated heterocycles. The van der Waals surface area contributed by atoms with E-state index < -0.39 is 0 Å². The molecule has 680 valence electrons. The first-order chi connectivity index (χ1) is 60.9. The summed E-state index contributed by atoms with van der Waals surface area (Å²) in [6.07, 6.45) is 25.7. The number of nitrogens with zero attached hydrogens (tertiary/aromatic N) is 22. The quantitative estimate of drug-likeness (QED) is 0.139. The van der Waals surface area contributed by atoms with E-state index >= 15 is 0 Å². The molecule has 0 aliphatic rings. The second kappa shape index (κ2) is 39.4. The van der Waals surface area contributed by atoms with E-state index in [1.807, 2.05) is 221 Å². The van der Waals surface area contributed by atoms with Crippen molar-refractivity contribution in [3.05, 3.63) is 327 Å². The van der Waals surface area contributed by atoms with E-state index in [-0.39, 0.29) is 54.6 Å². The highest BCUT2D eigenvalue weighted by Gasteiger charge is 2.26. The van der Waals surface area contributed by atoms with Gasteiger partial charge in [-0.3, -0.25) is 9.08 Å². The zero-order valence-electron chi connectivity index (χ0n) is 82.6. The summed E-state index contributed by atoms with van der Waals surface area (Å²) in [4.78, 5) is 17.6. The summed E-state index contributed by atoms with van der Waals surface area (Å²) in [5.41, 5.74) is 19.2. The number of aromatic nitrogens is 22. The van der Waals surface area contributed by atoms with Crippen LogP contribution in [0.1, 0.15) is 242 Å². The predicted octanol–water partition coefficient (Wildman–Crippen LogP) is 25.7. The molecular weight excluding hydrogens is 1610 g/mol. The highest BCUT2D eigenvalue weighted by Crippen LogP contribution is 2.32. The molecule has 0 amide bonds. The van der Waals surface area contributed by atoms with Crippen molar-refractivity contribution >= 4 is 77.2 Å². The second-order valence-corrected chi connectivity index (χ2v) is 42.9. The molecule has 0 atom stereocenters. The summed E-state index contributed by atoms with van der Waals surface area (Å²) in [7, 11) is 0. The number of imidazole rings is 4. The summed E-state index contributed by atoms with van der Waals surface area (Å²) < 4.78 is 20.6. The van der Waals surface area contributed by atoms with Gasteiger partial charge in [0.15, 0.2) is 5.65 Å². The van der Waals surface area contributed by atoms with Gasteiger partial charge in [-0.2, -0.15) is 10.2 Å². The van der Waals surface area contributed by atoms with Gasteiger partial charge in [0.2, 0.25) is 0 Å². The van der Waals surface area contributed by atoms with Gasteiger partial charge in [-0.1, -0.05) is 232 Å². The van der Waals surface area contributed by atoms with Crippen molar-refractivity contribution in [2.75, 3.05) is 0 Å². The van der Waals surface area contributed by atoms with Crippen LogP contribution in [0.25, 0.3) is 77.2 Å². The SMILES string of the molecule is CC(C)(C)c1cnc2ccccn12.CC(C)(C)c1cnn2ccccc12.CC(C)(C)c1ncc2ccccn12.CC(C)(C)c1ncn2ccccc12.CC(C)(C)c1nnc2ccccn12.CC(C)(C)c1nnn2ccccc12.CC(C)(C)n1ccc2ccccc21.CC(C)(C)n1cnc2ccccc21.CC(C)(C)n1ncc2ccccc21.CC(C)(C)n1nnc2ccccc21. The van der Waals surface area contributed by atoms with Crippen LogP contribution >= 0.6 is 0 Å². The fraction of sp³-hybridized carbons (Fsp3) is 0.370. The average molecular weight is 1740 g/mol. The lowest BCUT2D eigenvalue weighted by molar-refractivity contribution is 0.358.